The number of benzene rings is 1. The van der Waals surface area contributed by atoms with Crippen molar-refractivity contribution in [1.29, 1.82) is 0 Å². The summed E-state index contributed by atoms with van der Waals surface area (Å²) in [7, 11) is -3.99. The van der Waals surface area contributed by atoms with Crippen LogP contribution in [-0.4, -0.2) is 58.1 Å². The number of thiazole rings is 1. The van der Waals surface area contributed by atoms with Crippen LogP contribution >= 0.6 is 11.3 Å². The molecular weight excluding hydrogens is 444 g/mol. The second kappa shape index (κ2) is 9.73. The van der Waals surface area contributed by atoms with Gasteiger partial charge in [0.1, 0.15) is 6.61 Å². The van der Waals surface area contributed by atoms with Crippen molar-refractivity contribution in [3.8, 4) is 0 Å². The molecule has 1 aromatic heterocycles. The van der Waals surface area contributed by atoms with Crippen molar-refractivity contribution in [3.63, 3.8) is 0 Å². The molecule has 1 amide bonds. The van der Waals surface area contributed by atoms with E-state index >= 15 is 0 Å². The van der Waals surface area contributed by atoms with E-state index in [-0.39, 0.29) is 23.0 Å². The molecule has 1 aromatic carbocycles. The number of hydrogen-bond acceptors (Lipinski definition) is 9. The predicted molar refractivity (Wildman–Crippen MR) is 116 cm³/mol. The highest BCUT2D eigenvalue weighted by molar-refractivity contribution is 7.89. The number of esters is 1. The standard InChI is InChI=1S/C19H24N4O6S2/c1-3-23(13(2)24)19-21-14(12-30-19)11-29-18(25)16-10-15(31(20,26)27)4-5-17(16)22-6-8-28-9-7-22/h4-5,10,12H,3,6-9,11H2,1-2H3,(H2,20,26,27). The highest BCUT2D eigenvalue weighted by Gasteiger charge is 2.23. The van der Waals surface area contributed by atoms with Gasteiger partial charge in [-0.15, -0.1) is 11.3 Å². The molecule has 0 bridgehead atoms. The minimum atomic E-state index is -3.99. The molecule has 1 fully saturated rings. The molecule has 0 spiro atoms. The molecule has 168 valence electrons. The molecule has 1 saturated heterocycles. The third-order valence-electron chi connectivity index (χ3n) is 4.69. The molecule has 0 atom stereocenters. The van der Waals surface area contributed by atoms with Gasteiger partial charge >= 0.3 is 5.97 Å². The third-order valence-corrected chi connectivity index (χ3v) is 6.51. The van der Waals surface area contributed by atoms with E-state index < -0.39 is 16.0 Å². The van der Waals surface area contributed by atoms with Gasteiger partial charge in [-0.25, -0.2) is 23.3 Å². The van der Waals surface area contributed by atoms with Crippen LogP contribution in [0, 0.1) is 0 Å². The van der Waals surface area contributed by atoms with Crippen LogP contribution in [0.25, 0.3) is 0 Å². The van der Waals surface area contributed by atoms with Crippen molar-refractivity contribution < 1.29 is 27.5 Å². The molecular formula is C19H24N4O6S2. The number of nitrogens with zero attached hydrogens (tertiary/aromatic N) is 3. The lowest BCUT2D eigenvalue weighted by molar-refractivity contribution is -0.116. The quantitative estimate of drug-likeness (QED) is 0.603. The first kappa shape index (κ1) is 23.1. The Labute approximate surface area is 184 Å². The Kier molecular flexibility index (Phi) is 7.26. The largest absolute Gasteiger partial charge is 0.455 e. The lowest BCUT2D eigenvalue weighted by Gasteiger charge is -2.30. The summed E-state index contributed by atoms with van der Waals surface area (Å²) < 4.78 is 34.3. The summed E-state index contributed by atoms with van der Waals surface area (Å²) in [5, 5.41) is 7.46. The predicted octanol–water partition coefficient (Wildman–Crippen LogP) is 1.36. The molecule has 0 radical (unpaired) electrons. The molecule has 2 aromatic rings. The van der Waals surface area contributed by atoms with Crippen molar-refractivity contribution in [3.05, 3.63) is 34.8 Å². The summed E-state index contributed by atoms with van der Waals surface area (Å²) in [4.78, 5) is 32.1. The molecule has 1 aliphatic heterocycles. The lowest BCUT2D eigenvalue weighted by atomic mass is 10.1. The maximum absolute atomic E-state index is 12.9. The maximum atomic E-state index is 12.9. The minimum absolute atomic E-state index is 0.0998. The molecule has 2 N–H and O–H groups in total. The Morgan fingerprint density at radius 3 is 2.65 bits per heavy atom. The Morgan fingerprint density at radius 1 is 1.32 bits per heavy atom. The number of morpholine rings is 1. The number of primary sulfonamides is 1. The van der Waals surface area contributed by atoms with Crippen LogP contribution < -0.4 is 14.9 Å². The fraction of sp³-hybridized carbons (Fsp3) is 0.421. The van der Waals surface area contributed by atoms with Crippen molar-refractivity contribution in [2.45, 2.75) is 25.3 Å². The summed E-state index contributed by atoms with van der Waals surface area (Å²) in [6, 6.07) is 4.14. The van der Waals surface area contributed by atoms with Gasteiger partial charge in [-0.05, 0) is 25.1 Å². The Balaban J connectivity index is 1.81. The highest BCUT2D eigenvalue weighted by atomic mass is 32.2. The third kappa shape index (κ3) is 5.58. The van der Waals surface area contributed by atoms with E-state index in [1.807, 2.05) is 11.8 Å². The highest BCUT2D eigenvalue weighted by Crippen LogP contribution is 2.27. The van der Waals surface area contributed by atoms with Gasteiger partial charge in [0.15, 0.2) is 5.13 Å². The zero-order valence-corrected chi connectivity index (χ0v) is 18.9. The average molecular weight is 469 g/mol. The second-order valence-electron chi connectivity index (χ2n) is 6.78. The van der Waals surface area contributed by atoms with Crippen LogP contribution in [0.5, 0.6) is 0 Å². The number of aromatic nitrogens is 1. The molecule has 0 saturated carbocycles. The summed E-state index contributed by atoms with van der Waals surface area (Å²) in [5.41, 5.74) is 1.14. The number of carbonyl (C=O) groups is 2. The molecule has 10 nitrogen and oxygen atoms in total. The van der Waals surface area contributed by atoms with E-state index in [4.69, 9.17) is 14.6 Å². The Morgan fingerprint density at radius 2 is 2.03 bits per heavy atom. The molecule has 0 aliphatic carbocycles. The number of hydrogen-bond donors (Lipinski definition) is 1. The maximum Gasteiger partial charge on any atom is 0.340 e. The van der Waals surface area contributed by atoms with E-state index in [2.05, 4.69) is 4.98 Å². The summed E-state index contributed by atoms with van der Waals surface area (Å²) in [5.74, 6) is -0.823. The SMILES string of the molecule is CCN(C(C)=O)c1nc(COC(=O)c2cc(S(N)(=O)=O)ccc2N2CCOCC2)cs1. The summed E-state index contributed by atoms with van der Waals surface area (Å²) >= 11 is 1.27. The summed E-state index contributed by atoms with van der Waals surface area (Å²) in [6.45, 7) is 5.77. The van der Waals surface area contributed by atoms with E-state index in [0.29, 0.717) is 49.4 Å². The molecule has 2 heterocycles. The lowest BCUT2D eigenvalue weighted by Crippen LogP contribution is -2.37. The number of rotatable bonds is 7. The molecule has 1 aliphatic rings. The van der Waals surface area contributed by atoms with E-state index in [9.17, 15) is 18.0 Å². The number of carbonyl (C=O) groups excluding carboxylic acids is 2. The first-order chi connectivity index (χ1) is 14.7. The first-order valence-corrected chi connectivity index (χ1v) is 12.0. The Bertz CT molecular complexity index is 1060. The van der Waals surface area contributed by atoms with Gasteiger partial charge in [-0.1, -0.05) is 0 Å². The average Bonchev–Trinajstić information content (AvgIpc) is 3.20. The van der Waals surface area contributed by atoms with Gasteiger partial charge in [0.2, 0.25) is 15.9 Å². The smallest absolute Gasteiger partial charge is 0.340 e. The molecule has 12 heteroatoms. The van der Waals surface area contributed by atoms with Gasteiger partial charge in [0.25, 0.3) is 0 Å². The van der Waals surface area contributed by atoms with Gasteiger partial charge in [0, 0.05) is 31.9 Å². The van der Waals surface area contributed by atoms with Gasteiger partial charge in [-0.2, -0.15) is 0 Å². The number of anilines is 2. The normalized spacial score (nSPS) is 14.4. The van der Waals surface area contributed by atoms with Gasteiger partial charge < -0.3 is 14.4 Å². The Hall–Kier alpha value is -2.54. The zero-order valence-electron chi connectivity index (χ0n) is 17.2. The van der Waals surface area contributed by atoms with Crippen molar-refractivity contribution in [1.82, 2.24) is 4.98 Å². The monoisotopic (exact) mass is 468 g/mol. The van der Waals surface area contributed by atoms with Crippen molar-refractivity contribution in [2.24, 2.45) is 5.14 Å². The number of amides is 1. The van der Waals surface area contributed by atoms with E-state index in [1.54, 1.807) is 11.4 Å². The first-order valence-electron chi connectivity index (χ1n) is 9.60. The molecule has 0 unspecified atom stereocenters. The van der Waals surface area contributed by atoms with Crippen molar-refractivity contribution >= 4 is 44.1 Å². The van der Waals surface area contributed by atoms with Gasteiger partial charge in [-0.3, -0.25) is 9.69 Å². The molecule has 31 heavy (non-hydrogen) atoms. The van der Waals surface area contributed by atoms with Crippen LogP contribution in [-0.2, 0) is 30.9 Å². The van der Waals surface area contributed by atoms with Crippen LogP contribution in [0.1, 0.15) is 29.9 Å². The summed E-state index contributed by atoms with van der Waals surface area (Å²) in [6.07, 6.45) is 0. The van der Waals surface area contributed by atoms with E-state index in [1.165, 1.54) is 35.3 Å². The number of ether oxygens (including phenoxy) is 2. The fourth-order valence-electron chi connectivity index (χ4n) is 3.13. The van der Waals surface area contributed by atoms with Gasteiger partial charge in [0.05, 0.1) is 35.1 Å². The number of nitrogens with two attached hydrogens (primary N) is 1. The topological polar surface area (TPSA) is 132 Å². The minimum Gasteiger partial charge on any atom is -0.455 e. The van der Waals surface area contributed by atoms with Crippen molar-refractivity contribution in [2.75, 3.05) is 42.6 Å². The number of sulfonamides is 1. The van der Waals surface area contributed by atoms with E-state index in [0.717, 1.165) is 0 Å². The zero-order chi connectivity index (χ0) is 22.6. The van der Waals surface area contributed by atoms with Crippen LogP contribution in [0.15, 0.2) is 28.5 Å². The van der Waals surface area contributed by atoms with Crippen LogP contribution in [0.3, 0.4) is 0 Å². The van der Waals surface area contributed by atoms with Crippen LogP contribution in [0.4, 0.5) is 10.8 Å². The van der Waals surface area contributed by atoms with Crippen LogP contribution in [0.2, 0.25) is 0 Å². The second-order valence-corrected chi connectivity index (χ2v) is 9.18. The molecule has 3 rings (SSSR count). The fourth-order valence-corrected chi connectivity index (χ4v) is 4.59.